The summed E-state index contributed by atoms with van der Waals surface area (Å²) in [6.07, 6.45) is 4.38. The smallest absolute Gasteiger partial charge is 0.290 e. The van der Waals surface area contributed by atoms with Gasteiger partial charge in [-0.3, -0.25) is 9.59 Å². The van der Waals surface area contributed by atoms with Crippen LogP contribution in [-0.2, 0) is 22.0 Å². The molecule has 2 aliphatic rings. The molecule has 1 N–H and O–H groups in total. The molecule has 0 bridgehead atoms. The molecule has 45 heavy (non-hydrogen) atoms. The van der Waals surface area contributed by atoms with Gasteiger partial charge in [0.05, 0.1) is 6.04 Å². The van der Waals surface area contributed by atoms with Gasteiger partial charge in [-0.25, -0.2) is 0 Å². The number of aryl methyl sites for hydroxylation is 1. The zero-order chi connectivity index (χ0) is 31.1. The van der Waals surface area contributed by atoms with Gasteiger partial charge in [-0.05, 0) is 89.0 Å². The van der Waals surface area contributed by atoms with Gasteiger partial charge in [0.2, 0.25) is 5.91 Å². The lowest BCUT2D eigenvalue weighted by Crippen LogP contribution is -2.47. The van der Waals surface area contributed by atoms with Crippen LogP contribution in [0.5, 0.6) is 0 Å². The van der Waals surface area contributed by atoms with Crippen molar-refractivity contribution in [3.05, 3.63) is 130 Å². The van der Waals surface area contributed by atoms with Gasteiger partial charge in [0.15, 0.2) is 5.76 Å². The number of amides is 2. The fourth-order valence-electron chi connectivity index (χ4n) is 7.05. The van der Waals surface area contributed by atoms with Crippen LogP contribution in [0, 0.1) is 6.92 Å². The maximum absolute atomic E-state index is 13.7. The van der Waals surface area contributed by atoms with E-state index in [1.165, 1.54) is 28.7 Å². The molecule has 2 amide bonds. The van der Waals surface area contributed by atoms with E-state index in [2.05, 4.69) is 52.1 Å². The Morgan fingerprint density at radius 1 is 0.867 bits per heavy atom. The number of rotatable bonds is 7. The molecule has 1 fully saturated rings. The van der Waals surface area contributed by atoms with Gasteiger partial charge in [-0.2, -0.15) is 0 Å². The lowest BCUT2D eigenvalue weighted by atomic mass is 9.62. The number of likely N-dealkylation sites (tertiary alicyclic amines) is 1. The van der Waals surface area contributed by atoms with Gasteiger partial charge in [0.1, 0.15) is 11.8 Å². The molecule has 2 heterocycles. The first-order valence-corrected chi connectivity index (χ1v) is 16.0. The first-order chi connectivity index (χ1) is 21.0. The first-order valence-electron chi connectivity index (χ1n) is 16.0. The lowest BCUT2D eigenvalue weighted by Gasteiger charge is -2.42. The van der Waals surface area contributed by atoms with Crippen molar-refractivity contribution in [2.75, 3.05) is 6.54 Å². The minimum atomic E-state index is -0.542. The number of benzene rings is 3. The summed E-state index contributed by atoms with van der Waals surface area (Å²) in [5.41, 5.74) is 7.65. The van der Waals surface area contributed by atoms with Crippen LogP contribution in [0.25, 0.3) is 0 Å². The molecule has 1 aliphatic heterocycles. The van der Waals surface area contributed by atoms with Gasteiger partial charge in [0.25, 0.3) is 5.91 Å². The highest BCUT2D eigenvalue weighted by Crippen LogP contribution is 2.46. The number of carbonyl (C=O) groups excluding carboxylic acids is 2. The third-order valence-corrected chi connectivity index (χ3v) is 9.92. The van der Waals surface area contributed by atoms with E-state index in [0.29, 0.717) is 25.1 Å². The summed E-state index contributed by atoms with van der Waals surface area (Å²) in [6, 6.07) is 27.5. The van der Waals surface area contributed by atoms with Crippen molar-refractivity contribution in [1.29, 1.82) is 0 Å². The number of nitrogens with one attached hydrogen (secondary N) is 1. The van der Waals surface area contributed by atoms with Crippen LogP contribution in [0.4, 0.5) is 0 Å². The average molecular weight is 605 g/mol. The van der Waals surface area contributed by atoms with Crippen molar-refractivity contribution in [2.24, 2.45) is 0 Å². The minimum Gasteiger partial charge on any atom is -0.456 e. The molecule has 0 spiro atoms. The molecule has 1 saturated heterocycles. The molecular weight excluding hydrogens is 556 g/mol. The van der Waals surface area contributed by atoms with Crippen LogP contribution >= 0.6 is 0 Å². The Labute approximate surface area is 269 Å². The molecule has 5 heteroatoms. The van der Waals surface area contributed by atoms with Crippen molar-refractivity contribution < 1.29 is 14.0 Å². The van der Waals surface area contributed by atoms with Gasteiger partial charge < -0.3 is 14.6 Å². The molecule has 4 aromatic rings. The molecule has 1 aliphatic carbocycles. The Bertz CT molecular complexity index is 1610. The number of carbonyl (C=O) groups is 2. The third-order valence-electron chi connectivity index (χ3n) is 9.92. The zero-order valence-corrected chi connectivity index (χ0v) is 26.7. The van der Waals surface area contributed by atoms with Crippen LogP contribution in [-0.4, -0.2) is 29.3 Å². The van der Waals surface area contributed by atoms with Crippen LogP contribution in [0.2, 0.25) is 0 Å². The second kappa shape index (κ2) is 12.7. The minimum absolute atomic E-state index is 0. The predicted molar refractivity (Wildman–Crippen MR) is 182 cm³/mol. The van der Waals surface area contributed by atoms with Crippen molar-refractivity contribution in [2.45, 2.75) is 97.1 Å². The van der Waals surface area contributed by atoms with Gasteiger partial charge >= 0.3 is 0 Å². The molecule has 1 aromatic heterocycles. The Kier molecular flexibility index (Phi) is 9.11. The lowest BCUT2D eigenvalue weighted by molar-refractivity contribution is -0.125. The molecule has 3 aromatic carbocycles. The van der Waals surface area contributed by atoms with Crippen LogP contribution in [0.15, 0.2) is 89.3 Å². The quantitative estimate of drug-likeness (QED) is 0.230. The molecule has 5 nitrogen and oxygen atoms in total. The Morgan fingerprint density at radius 3 is 2.04 bits per heavy atom. The van der Waals surface area contributed by atoms with Crippen LogP contribution in [0.3, 0.4) is 0 Å². The summed E-state index contributed by atoms with van der Waals surface area (Å²) in [4.78, 5) is 29.1. The van der Waals surface area contributed by atoms with E-state index >= 15 is 0 Å². The average Bonchev–Trinajstić information content (AvgIpc) is 3.70. The summed E-state index contributed by atoms with van der Waals surface area (Å²) in [5, 5.41) is 3.25. The summed E-state index contributed by atoms with van der Waals surface area (Å²) in [7, 11) is 0. The predicted octanol–water partition coefficient (Wildman–Crippen LogP) is 8.67. The zero-order valence-electron chi connectivity index (χ0n) is 26.7. The Balaban J connectivity index is 0.00000400. The highest BCUT2D eigenvalue weighted by atomic mass is 16.4. The fraction of sp³-hybridized carbons (Fsp3) is 0.400. The number of hydrogen-bond donors (Lipinski definition) is 1. The van der Waals surface area contributed by atoms with E-state index in [4.69, 9.17) is 4.42 Å². The van der Waals surface area contributed by atoms with Crippen molar-refractivity contribution in [1.82, 2.24) is 10.2 Å². The van der Waals surface area contributed by atoms with Crippen LogP contribution < -0.4 is 5.32 Å². The summed E-state index contributed by atoms with van der Waals surface area (Å²) in [6.45, 7) is 12.1. The van der Waals surface area contributed by atoms with E-state index in [9.17, 15) is 9.59 Å². The largest absolute Gasteiger partial charge is 0.456 e. The molecule has 0 saturated carbocycles. The number of nitrogens with zero attached hydrogens (tertiary/aromatic N) is 1. The highest BCUT2D eigenvalue weighted by molar-refractivity contribution is 5.96. The second-order valence-corrected chi connectivity index (χ2v) is 14.0. The van der Waals surface area contributed by atoms with E-state index in [1.807, 2.05) is 66.7 Å². The Morgan fingerprint density at radius 2 is 1.44 bits per heavy atom. The molecule has 0 radical (unpaired) electrons. The number of furan rings is 1. The molecule has 6 rings (SSSR count). The topological polar surface area (TPSA) is 62.6 Å². The molecular formula is C40H48N2O3. The van der Waals surface area contributed by atoms with Crippen molar-refractivity contribution in [3.63, 3.8) is 0 Å². The monoisotopic (exact) mass is 604 g/mol. The number of hydrogen-bond acceptors (Lipinski definition) is 3. The highest BCUT2D eigenvalue weighted by Gasteiger charge is 2.38. The summed E-state index contributed by atoms with van der Waals surface area (Å²) < 4.78 is 6.18. The fourth-order valence-corrected chi connectivity index (χ4v) is 7.05. The standard InChI is InChI=1S/C39H44N2O3.CH4/c1-26-23-31-32(39(4,5)21-20-38(31,2)3)25-29(26)24-30-18-19-34(44-30)37(43)41-22-12-17-33(41)36(42)40-35(27-13-8-6-9-14-27)28-15-10-7-11-16-28;/h6-11,13-16,18-19,23,25,33,35H,12,17,20-22,24H2,1-5H3,(H,40,42);1H4/t33-;/m1./s1. The maximum atomic E-state index is 13.7. The third kappa shape index (κ3) is 6.49. The van der Waals surface area contributed by atoms with Gasteiger partial charge in [-0.15, -0.1) is 0 Å². The molecule has 0 unspecified atom stereocenters. The summed E-state index contributed by atoms with van der Waals surface area (Å²) >= 11 is 0. The SMILES string of the molecule is C.Cc1cc2c(cc1Cc1ccc(C(=O)N3CCC[C@@H]3C(=O)NC(c3ccccc3)c3ccccc3)o1)C(C)(C)CCC2(C)C. The van der Waals surface area contributed by atoms with Gasteiger partial charge in [0, 0.05) is 13.0 Å². The Hall–Kier alpha value is -4.12. The molecule has 1 atom stereocenters. The normalized spacial score (nSPS) is 18.3. The first kappa shape index (κ1) is 32.3. The van der Waals surface area contributed by atoms with E-state index in [1.54, 1.807) is 11.0 Å². The van der Waals surface area contributed by atoms with E-state index in [-0.39, 0.29) is 36.1 Å². The second-order valence-electron chi connectivity index (χ2n) is 14.0. The number of fused-ring (bicyclic) bond motifs is 1. The van der Waals surface area contributed by atoms with Crippen LogP contribution in [0.1, 0.15) is 117 Å². The van der Waals surface area contributed by atoms with E-state index in [0.717, 1.165) is 29.7 Å². The van der Waals surface area contributed by atoms with Crippen molar-refractivity contribution >= 4 is 11.8 Å². The van der Waals surface area contributed by atoms with Gasteiger partial charge in [-0.1, -0.05) is 108 Å². The summed E-state index contributed by atoms with van der Waals surface area (Å²) in [5.74, 6) is 0.683. The van der Waals surface area contributed by atoms with E-state index < -0.39 is 6.04 Å². The maximum Gasteiger partial charge on any atom is 0.290 e. The van der Waals surface area contributed by atoms with Crippen molar-refractivity contribution in [3.8, 4) is 0 Å². The molecule has 236 valence electrons.